The predicted molar refractivity (Wildman–Crippen MR) is 130 cm³/mol. The number of fused-ring (bicyclic) bond motifs is 1. The SMILES string of the molecule is COc1ccc(S(=O)(=O)N2CCCc3cc(NS(=O)(=O)Cc4ccc(C)cc4)ccc32)cc1. The van der Waals surface area contributed by atoms with Crippen LogP contribution in [-0.2, 0) is 32.2 Å². The topological polar surface area (TPSA) is 92.8 Å². The molecule has 4 rings (SSSR count). The maximum Gasteiger partial charge on any atom is 0.264 e. The van der Waals surface area contributed by atoms with E-state index < -0.39 is 20.0 Å². The molecule has 0 aromatic heterocycles. The third-order valence-corrected chi connectivity index (χ3v) is 8.64. The molecule has 7 nitrogen and oxygen atoms in total. The number of aryl methyl sites for hydroxylation is 2. The molecule has 33 heavy (non-hydrogen) atoms. The third-order valence-electron chi connectivity index (χ3n) is 5.55. The number of rotatable bonds is 7. The van der Waals surface area contributed by atoms with E-state index in [0.717, 1.165) is 11.1 Å². The maximum absolute atomic E-state index is 13.3. The summed E-state index contributed by atoms with van der Waals surface area (Å²) in [5.74, 6) is 0.443. The van der Waals surface area contributed by atoms with Crippen LogP contribution < -0.4 is 13.8 Å². The molecule has 9 heteroatoms. The lowest BCUT2D eigenvalue weighted by Gasteiger charge is -2.31. The Labute approximate surface area is 195 Å². The van der Waals surface area contributed by atoms with Gasteiger partial charge in [-0.05, 0) is 73.4 Å². The average molecular weight is 487 g/mol. The van der Waals surface area contributed by atoms with Crippen LogP contribution in [0.4, 0.5) is 11.4 Å². The normalized spacial score (nSPS) is 13.9. The van der Waals surface area contributed by atoms with Crippen LogP contribution in [0.1, 0.15) is 23.1 Å². The first-order chi connectivity index (χ1) is 15.7. The van der Waals surface area contributed by atoms with Gasteiger partial charge in [0.1, 0.15) is 5.75 Å². The van der Waals surface area contributed by atoms with E-state index in [2.05, 4.69) is 4.72 Å². The fourth-order valence-corrected chi connectivity index (χ4v) is 6.60. The zero-order valence-corrected chi connectivity index (χ0v) is 20.1. The van der Waals surface area contributed by atoms with Crippen molar-refractivity contribution in [1.82, 2.24) is 0 Å². The van der Waals surface area contributed by atoms with Gasteiger partial charge in [-0.2, -0.15) is 0 Å². The van der Waals surface area contributed by atoms with E-state index in [-0.39, 0.29) is 10.6 Å². The van der Waals surface area contributed by atoms with Crippen LogP contribution in [-0.4, -0.2) is 30.5 Å². The van der Waals surface area contributed by atoms with Crippen molar-refractivity contribution in [2.45, 2.75) is 30.4 Å². The number of methoxy groups -OCH3 is 1. The van der Waals surface area contributed by atoms with E-state index in [1.807, 2.05) is 19.1 Å². The molecule has 0 atom stereocenters. The van der Waals surface area contributed by atoms with E-state index in [1.54, 1.807) is 42.5 Å². The quantitative estimate of drug-likeness (QED) is 0.543. The molecule has 0 bridgehead atoms. The van der Waals surface area contributed by atoms with Gasteiger partial charge in [0.25, 0.3) is 10.0 Å². The van der Waals surface area contributed by atoms with Crippen LogP contribution in [0.5, 0.6) is 5.75 Å². The molecule has 1 aliphatic heterocycles. The summed E-state index contributed by atoms with van der Waals surface area (Å²) in [6, 6.07) is 18.6. The third kappa shape index (κ3) is 5.15. The van der Waals surface area contributed by atoms with Crippen molar-refractivity contribution in [3.05, 3.63) is 83.4 Å². The van der Waals surface area contributed by atoms with E-state index in [1.165, 1.54) is 23.5 Å². The Balaban J connectivity index is 1.57. The van der Waals surface area contributed by atoms with Gasteiger partial charge in [0.15, 0.2) is 0 Å². The fraction of sp³-hybridized carbons (Fsp3) is 0.250. The second-order valence-corrected chi connectivity index (χ2v) is 11.6. The van der Waals surface area contributed by atoms with E-state index in [0.29, 0.717) is 42.1 Å². The minimum atomic E-state index is -3.75. The lowest BCUT2D eigenvalue weighted by Crippen LogP contribution is -2.35. The average Bonchev–Trinajstić information content (AvgIpc) is 2.79. The Morgan fingerprint density at radius 2 is 1.64 bits per heavy atom. The molecule has 3 aromatic carbocycles. The number of nitrogens with one attached hydrogen (secondary N) is 1. The highest BCUT2D eigenvalue weighted by atomic mass is 32.2. The van der Waals surface area contributed by atoms with Crippen molar-refractivity contribution < 1.29 is 21.6 Å². The van der Waals surface area contributed by atoms with Gasteiger partial charge in [0, 0.05) is 12.2 Å². The highest BCUT2D eigenvalue weighted by Crippen LogP contribution is 2.34. The first kappa shape index (κ1) is 23.1. The van der Waals surface area contributed by atoms with Crippen LogP contribution in [0.2, 0.25) is 0 Å². The molecule has 0 spiro atoms. The lowest BCUT2D eigenvalue weighted by atomic mass is 10.0. The van der Waals surface area contributed by atoms with Gasteiger partial charge in [-0.15, -0.1) is 0 Å². The number of anilines is 2. The Kier molecular flexibility index (Phi) is 6.36. The van der Waals surface area contributed by atoms with Gasteiger partial charge < -0.3 is 4.74 Å². The number of nitrogens with zero attached hydrogens (tertiary/aromatic N) is 1. The largest absolute Gasteiger partial charge is 0.497 e. The summed E-state index contributed by atoms with van der Waals surface area (Å²) in [7, 11) is -5.84. The summed E-state index contributed by atoms with van der Waals surface area (Å²) in [4.78, 5) is 0.180. The minimum Gasteiger partial charge on any atom is -0.497 e. The van der Waals surface area contributed by atoms with Crippen molar-refractivity contribution in [2.75, 3.05) is 22.7 Å². The molecule has 0 amide bonds. The molecule has 0 saturated carbocycles. The molecule has 1 heterocycles. The molecule has 1 N–H and O–H groups in total. The summed E-state index contributed by atoms with van der Waals surface area (Å²) >= 11 is 0. The Bertz CT molecular complexity index is 1350. The zero-order valence-electron chi connectivity index (χ0n) is 18.5. The minimum absolute atomic E-state index is 0.137. The Morgan fingerprint density at radius 1 is 0.939 bits per heavy atom. The van der Waals surface area contributed by atoms with Gasteiger partial charge in [-0.1, -0.05) is 29.8 Å². The molecule has 0 aliphatic carbocycles. The van der Waals surface area contributed by atoms with Crippen LogP contribution in [0, 0.1) is 6.92 Å². The maximum atomic E-state index is 13.3. The van der Waals surface area contributed by atoms with Crippen molar-refractivity contribution in [1.29, 1.82) is 0 Å². The van der Waals surface area contributed by atoms with E-state index in [4.69, 9.17) is 4.74 Å². The monoisotopic (exact) mass is 486 g/mol. The van der Waals surface area contributed by atoms with E-state index >= 15 is 0 Å². The smallest absolute Gasteiger partial charge is 0.264 e. The van der Waals surface area contributed by atoms with Crippen LogP contribution >= 0.6 is 0 Å². The van der Waals surface area contributed by atoms with E-state index in [9.17, 15) is 16.8 Å². The second kappa shape index (κ2) is 9.07. The Morgan fingerprint density at radius 3 is 2.30 bits per heavy atom. The summed E-state index contributed by atoms with van der Waals surface area (Å²) in [6.45, 7) is 2.31. The van der Waals surface area contributed by atoms with Gasteiger partial charge in [0.2, 0.25) is 10.0 Å². The van der Waals surface area contributed by atoms with Crippen LogP contribution in [0.3, 0.4) is 0 Å². The van der Waals surface area contributed by atoms with Crippen molar-refractivity contribution in [3.8, 4) is 5.75 Å². The van der Waals surface area contributed by atoms with Crippen molar-refractivity contribution in [3.63, 3.8) is 0 Å². The van der Waals surface area contributed by atoms with Gasteiger partial charge in [-0.3, -0.25) is 9.03 Å². The molecular weight excluding hydrogens is 460 g/mol. The molecule has 3 aromatic rings. The van der Waals surface area contributed by atoms with Crippen LogP contribution in [0.15, 0.2) is 71.6 Å². The molecule has 0 radical (unpaired) electrons. The number of sulfonamides is 2. The van der Waals surface area contributed by atoms with Gasteiger partial charge in [-0.25, -0.2) is 16.8 Å². The predicted octanol–water partition coefficient (Wildman–Crippen LogP) is 4.09. The molecule has 1 aliphatic rings. The summed E-state index contributed by atoms with van der Waals surface area (Å²) in [5.41, 5.74) is 3.53. The summed E-state index contributed by atoms with van der Waals surface area (Å²) in [5, 5.41) is 0. The molecule has 0 fully saturated rings. The van der Waals surface area contributed by atoms with Crippen molar-refractivity contribution >= 4 is 31.4 Å². The first-order valence-electron chi connectivity index (χ1n) is 10.5. The molecule has 0 unspecified atom stereocenters. The first-order valence-corrected chi connectivity index (χ1v) is 13.6. The van der Waals surface area contributed by atoms with Gasteiger partial charge >= 0.3 is 0 Å². The number of hydrogen-bond donors (Lipinski definition) is 1. The molecule has 174 valence electrons. The van der Waals surface area contributed by atoms with Gasteiger partial charge in [0.05, 0.1) is 23.4 Å². The second-order valence-electron chi connectivity index (χ2n) is 8.05. The highest BCUT2D eigenvalue weighted by Gasteiger charge is 2.29. The van der Waals surface area contributed by atoms with Crippen LogP contribution in [0.25, 0.3) is 0 Å². The molecule has 0 saturated heterocycles. The summed E-state index contributed by atoms with van der Waals surface area (Å²) < 4.78 is 61.0. The highest BCUT2D eigenvalue weighted by molar-refractivity contribution is 7.93. The number of hydrogen-bond acceptors (Lipinski definition) is 5. The molecular formula is C24H26N2O5S2. The fourth-order valence-electron chi connectivity index (χ4n) is 3.87. The number of benzene rings is 3. The Hall–Kier alpha value is -3.04. The number of ether oxygens (including phenoxy) is 1. The zero-order chi connectivity index (χ0) is 23.6. The summed E-state index contributed by atoms with van der Waals surface area (Å²) in [6.07, 6.45) is 1.31. The van der Waals surface area contributed by atoms with Crippen molar-refractivity contribution in [2.24, 2.45) is 0 Å². The lowest BCUT2D eigenvalue weighted by molar-refractivity contribution is 0.414. The standard InChI is InChI=1S/C24H26N2O5S2/c1-18-5-7-19(8-6-18)17-32(27,28)25-21-9-14-24-20(16-21)4-3-15-26(24)33(29,30)23-12-10-22(31-2)11-13-23/h5-14,16,25H,3-4,15,17H2,1-2H3.